The molecule has 21 heavy (non-hydrogen) atoms. The summed E-state index contributed by atoms with van der Waals surface area (Å²) in [5, 5.41) is 0.165. The van der Waals surface area contributed by atoms with Gasteiger partial charge in [0, 0.05) is 5.56 Å². The average Bonchev–Trinajstić information content (AvgIpc) is 2.79. The number of aldehydes is 1. The number of rotatable bonds is 4. The van der Waals surface area contributed by atoms with Crippen molar-refractivity contribution in [3.63, 3.8) is 0 Å². The van der Waals surface area contributed by atoms with Crippen molar-refractivity contribution in [3.8, 4) is 0 Å². The molecule has 0 aliphatic carbocycles. The molecule has 5 heteroatoms. The largest absolute Gasteiger partial charge is 0.407 e. The predicted molar refractivity (Wildman–Crippen MR) is 88.2 cm³/mol. The van der Waals surface area contributed by atoms with Crippen molar-refractivity contribution in [2.45, 2.75) is 51.9 Å². The van der Waals surface area contributed by atoms with Gasteiger partial charge in [-0.15, -0.1) is 0 Å². The summed E-state index contributed by atoms with van der Waals surface area (Å²) in [5.74, 6) is 0.817. The monoisotopic (exact) mass is 304 g/mol. The van der Waals surface area contributed by atoms with Crippen LogP contribution in [-0.4, -0.2) is 24.6 Å². The third kappa shape index (κ3) is 3.24. The first kappa shape index (κ1) is 15.9. The lowest BCUT2D eigenvalue weighted by Crippen LogP contribution is -2.41. The van der Waals surface area contributed by atoms with Crippen molar-refractivity contribution in [3.05, 3.63) is 29.6 Å². The minimum atomic E-state index is -1.83. The second-order valence-corrected chi connectivity index (χ2v) is 11.8. The Morgan fingerprint density at radius 1 is 1.33 bits per heavy atom. The molecule has 0 saturated heterocycles. The number of H-pyrrole nitrogens is 1. The number of carbonyl (C=O) groups excluding carboxylic acids is 1. The van der Waals surface area contributed by atoms with Crippen molar-refractivity contribution in [1.82, 2.24) is 9.97 Å². The van der Waals surface area contributed by atoms with Crippen LogP contribution in [0.25, 0.3) is 11.0 Å². The maximum atomic E-state index is 10.8. The van der Waals surface area contributed by atoms with Gasteiger partial charge in [0.25, 0.3) is 0 Å². The van der Waals surface area contributed by atoms with Gasteiger partial charge in [-0.3, -0.25) is 4.79 Å². The van der Waals surface area contributed by atoms with Crippen LogP contribution in [0.5, 0.6) is 0 Å². The fourth-order valence-corrected chi connectivity index (χ4v) is 3.33. The number of hydrogen-bond acceptors (Lipinski definition) is 3. The van der Waals surface area contributed by atoms with Gasteiger partial charge < -0.3 is 9.41 Å². The number of nitrogens with one attached hydrogen (secondary N) is 1. The van der Waals surface area contributed by atoms with Gasteiger partial charge in [0.15, 0.2) is 8.32 Å². The fourth-order valence-electron chi connectivity index (χ4n) is 1.98. The number of carbonyl (C=O) groups is 1. The maximum Gasteiger partial charge on any atom is 0.193 e. The summed E-state index contributed by atoms with van der Waals surface area (Å²) in [4.78, 5) is 18.7. The van der Waals surface area contributed by atoms with E-state index in [1.807, 2.05) is 13.0 Å². The van der Waals surface area contributed by atoms with E-state index in [1.54, 1.807) is 12.1 Å². The van der Waals surface area contributed by atoms with Crippen molar-refractivity contribution in [2.24, 2.45) is 0 Å². The smallest absolute Gasteiger partial charge is 0.193 e. The van der Waals surface area contributed by atoms with Gasteiger partial charge in [0.05, 0.1) is 11.0 Å². The van der Waals surface area contributed by atoms with Crippen LogP contribution in [0.15, 0.2) is 18.2 Å². The zero-order valence-electron chi connectivity index (χ0n) is 13.7. The molecule has 0 aliphatic heterocycles. The zero-order chi connectivity index (χ0) is 15.8. The van der Waals surface area contributed by atoms with E-state index in [-0.39, 0.29) is 11.1 Å². The van der Waals surface area contributed by atoms with Crippen LogP contribution in [0.1, 0.15) is 50.0 Å². The molecular weight excluding hydrogens is 280 g/mol. The third-order valence-electron chi connectivity index (χ3n) is 4.32. The van der Waals surface area contributed by atoms with E-state index < -0.39 is 8.32 Å². The first-order valence-electron chi connectivity index (χ1n) is 7.27. The van der Waals surface area contributed by atoms with E-state index in [0.29, 0.717) is 5.56 Å². The molecule has 114 valence electrons. The van der Waals surface area contributed by atoms with Gasteiger partial charge in [-0.05, 0) is 43.3 Å². The summed E-state index contributed by atoms with van der Waals surface area (Å²) in [7, 11) is -1.83. The van der Waals surface area contributed by atoms with Gasteiger partial charge in [-0.1, -0.05) is 20.8 Å². The molecule has 1 unspecified atom stereocenters. The Labute approximate surface area is 127 Å². The number of aromatic amines is 1. The second kappa shape index (κ2) is 5.39. The number of imidazole rings is 1. The quantitative estimate of drug-likeness (QED) is 0.670. The van der Waals surface area contributed by atoms with E-state index in [9.17, 15) is 4.79 Å². The molecule has 2 rings (SSSR count). The van der Waals surface area contributed by atoms with Crippen LogP contribution < -0.4 is 0 Å². The number of aromatic nitrogens is 2. The Hall–Kier alpha value is -1.46. The SMILES string of the molecule is CC(O[Si](C)(C)C(C)(C)C)c1nc2cc(C=O)ccc2[nH]1. The third-order valence-corrected chi connectivity index (χ3v) is 8.88. The molecule has 1 aromatic carbocycles. The topological polar surface area (TPSA) is 55.0 Å². The molecule has 0 fully saturated rings. The van der Waals surface area contributed by atoms with Crippen LogP contribution in [0.3, 0.4) is 0 Å². The summed E-state index contributed by atoms with van der Waals surface area (Å²) in [6, 6.07) is 5.46. The van der Waals surface area contributed by atoms with Crippen LogP contribution in [0.2, 0.25) is 18.1 Å². The molecule has 0 radical (unpaired) electrons. The highest BCUT2D eigenvalue weighted by Gasteiger charge is 2.39. The van der Waals surface area contributed by atoms with E-state index in [1.165, 1.54) is 0 Å². The summed E-state index contributed by atoms with van der Waals surface area (Å²) < 4.78 is 6.35. The van der Waals surface area contributed by atoms with Crippen LogP contribution in [-0.2, 0) is 4.43 Å². The number of benzene rings is 1. The Bertz CT molecular complexity index is 656. The lowest BCUT2D eigenvalue weighted by atomic mass is 10.2. The summed E-state index contributed by atoms with van der Waals surface area (Å²) in [6.07, 6.45) is 0.751. The number of nitrogens with zero attached hydrogens (tertiary/aromatic N) is 1. The van der Waals surface area contributed by atoms with Crippen molar-refractivity contribution < 1.29 is 9.22 Å². The first-order valence-corrected chi connectivity index (χ1v) is 10.2. The predicted octanol–water partition coefficient (Wildman–Crippen LogP) is 4.46. The van der Waals surface area contributed by atoms with E-state index in [4.69, 9.17) is 4.43 Å². The van der Waals surface area contributed by atoms with Gasteiger partial charge in [-0.25, -0.2) is 4.98 Å². The van der Waals surface area contributed by atoms with Crippen LogP contribution in [0.4, 0.5) is 0 Å². The average molecular weight is 304 g/mol. The standard InChI is InChI=1S/C16H24N2O2Si/c1-11(20-21(5,6)16(2,3)4)15-17-13-8-7-12(10-19)9-14(13)18-15/h7-11H,1-6H3,(H,17,18). The summed E-state index contributed by atoms with van der Waals surface area (Å²) >= 11 is 0. The van der Waals surface area contributed by atoms with Gasteiger partial charge in [0.1, 0.15) is 18.2 Å². The van der Waals surface area contributed by atoms with Gasteiger partial charge >= 0.3 is 0 Å². The fraction of sp³-hybridized carbons (Fsp3) is 0.500. The molecule has 1 atom stereocenters. The Morgan fingerprint density at radius 3 is 2.57 bits per heavy atom. The lowest BCUT2D eigenvalue weighted by molar-refractivity contribution is 0.112. The molecule has 0 spiro atoms. The van der Waals surface area contributed by atoms with Crippen molar-refractivity contribution >= 4 is 25.6 Å². The first-order chi connectivity index (χ1) is 9.64. The summed E-state index contributed by atoms with van der Waals surface area (Å²) in [6.45, 7) is 13.2. The molecule has 0 bridgehead atoms. The highest BCUT2D eigenvalue weighted by molar-refractivity contribution is 6.74. The van der Waals surface area contributed by atoms with Crippen molar-refractivity contribution in [1.29, 1.82) is 0 Å². The minimum Gasteiger partial charge on any atom is -0.407 e. The van der Waals surface area contributed by atoms with Crippen LogP contribution in [0, 0.1) is 0 Å². The molecule has 1 aromatic heterocycles. The van der Waals surface area contributed by atoms with E-state index >= 15 is 0 Å². The van der Waals surface area contributed by atoms with E-state index in [2.05, 4.69) is 43.8 Å². The molecule has 1 heterocycles. The van der Waals surface area contributed by atoms with Gasteiger partial charge in [-0.2, -0.15) is 0 Å². The molecular formula is C16H24N2O2Si. The molecule has 0 amide bonds. The molecule has 2 aromatic rings. The zero-order valence-corrected chi connectivity index (χ0v) is 14.7. The number of fused-ring (bicyclic) bond motifs is 1. The molecule has 4 nitrogen and oxygen atoms in total. The molecule has 0 saturated carbocycles. The molecule has 1 N–H and O–H groups in total. The molecule has 0 aliphatic rings. The lowest BCUT2D eigenvalue weighted by Gasteiger charge is -2.38. The Morgan fingerprint density at radius 2 is 2.00 bits per heavy atom. The normalized spacial score (nSPS) is 14.4. The van der Waals surface area contributed by atoms with Crippen LogP contribution >= 0.6 is 0 Å². The van der Waals surface area contributed by atoms with Crippen molar-refractivity contribution in [2.75, 3.05) is 0 Å². The van der Waals surface area contributed by atoms with E-state index in [0.717, 1.165) is 23.1 Å². The maximum absolute atomic E-state index is 10.8. The van der Waals surface area contributed by atoms with Gasteiger partial charge in [0.2, 0.25) is 0 Å². The summed E-state index contributed by atoms with van der Waals surface area (Å²) in [5.41, 5.74) is 2.38. The highest BCUT2D eigenvalue weighted by atomic mass is 28.4. The minimum absolute atomic E-state index is 0.0852. The Balaban J connectivity index is 2.27. The Kier molecular flexibility index (Phi) is 4.08. The second-order valence-electron chi connectivity index (χ2n) is 7.04. The number of hydrogen-bond donors (Lipinski definition) is 1. The highest BCUT2D eigenvalue weighted by Crippen LogP contribution is 2.39.